The first kappa shape index (κ1) is 13.9. The highest BCUT2D eigenvalue weighted by molar-refractivity contribution is 5.75. The number of imidazole rings is 1. The second-order valence-electron chi connectivity index (χ2n) is 4.09. The Morgan fingerprint density at radius 3 is 2.70 bits per heavy atom. The van der Waals surface area contributed by atoms with E-state index in [-0.39, 0.29) is 5.91 Å². The molecule has 20 heavy (non-hydrogen) atoms. The van der Waals surface area contributed by atoms with Crippen LogP contribution in [0, 0.1) is 0 Å². The highest BCUT2D eigenvalue weighted by Gasteiger charge is 2.03. The zero-order valence-electron chi connectivity index (χ0n) is 11.3. The van der Waals surface area contributed by atoms with Crippen LogP contribution in [0.4, 0.5) is 0 Å². The third-order valence-electron chi connectivity index (χ3n) is 2.67. The van der Waals surface area contributed by atoms with Gasteiger partial charge in [0.25, 0.3) is 0 Å². The molecule has 0 saturated heterocycles. The number of hydrogen-bond acceptors (Lipinski definition) is 4. The van der Waals surface area contributed by atoms with Crippen molar-refractivity contribution in [2.45, 2.75) is 13.0 Å². The van der Waals surface area contributed by atoms with Gasteiger partial charge in [-0.25, -0.2) is 4.98 Å². The second-order valence-corrected chi connectivity index (χ2v) is 4.09. The third kappa shape index (κ3) is 4.31. The summed E-state index contributed by atoms with van der Waals surface area (Å²) in [5, 5.41) is 2.76. The summed E-state index contributed by atoms with van der Waals surface area (Å²) >= 11 is 0. The van der Waals surface area contributed by atoms with Gasteiger partial charge in [-0.3, -0.25) is 4.79 Å². The van der Waals surface area contributed by atoms with E-state index in [1.54, 1.807) is 31.6 Å². The van der Waals surface area contributed by atoms with Crippen LogP contribution in [0.2, 0.25) is 0 Å². The Morgan fingerprint density at radius 1 is 1.30 bits per heavy atom. The molecule has 2 N–H and O–H groups in total. The van der Waals surface area contributed by atoms with Gasteiger partial charge in [0.05, 0.1) is 26.7 Å². The van der Waals surface area contributed by atoms with Gasteiger partial charge in [0.1, 0.15) is 17.3 Å². The number of H-pyrrole nitrogens is 1. The molecule has 1 amide bonds. The number of ether oxygens (including phenoxy) is 2. The fourth-order valence-electron chi connectivity index (χ4n) is 1.60. The van der Waals surface area contributed by atoms with Crippen molar-refractivity contribution >= 4 is 5.91 Å². The van der Waals surface area contributed by atoms with Gasteiger partial charge in [0.15, 0.2) is 0 Å². The van der Waals surface area contributed by atoms with Crippen LogP contribution in [-0.4, -0.2) is 29.6 Å². The molecule has 2 aromatic rings. The lowest BCUT2D eigenvalue weighted by molar-refractivity contribution is -0.121. The first-order valence-electron chi connectivity index (χ1n) is 6.30. The number of methoxy groups -OCH3 is 1. The number of nitrogens with zero attached hydrogens (tertiary/aromatic N) is 1. The predicted molar refractivity (Wildman–Crippen MR) is 73.5 cm³/mol. The molecule has 0 atom stereocenters. The first-order chi connectivity index (χ1) is 9.78. The number of nitrogens with one attached hydrogen (secondary N) is 2. The van der Waals surface area contributed by atoms with E-state index >= 15 is 0 Å². The summed E-state index contributed by atoms with van der Waals surface area (Å²) in [4.78, 5) is 18.5. The lowest BCUT2D eigenvalue weighted by atomic mass is 10.3. The molecule has 0 aliphatic heterocycles. The Morgan fingerprint density at radius 2 is 2.05 bits per heavy atom. The molecule has 1 aromatic heterocycles. The molecule has 0 fully saturated rings. The van der Waals surface area contributed by atoms with Crippen molar-refractivity contribution in [3.05, 3.63) is 42.5 Å². The number of amides is 1. The van der Waals surface area contributed by atoms with Gasteiger partial charge < -0.3 is 19.8 Å². The Bertz CT molecular complexity index is 523. The highest BCUT2D eigenvalue weighted by Crippen LogP contribution is 2.16. The molecular formula is C14H17N3O3. The minimum absolute atomic E-state index is 0.0742. The molecule has 1 aromatic carbocycles. The molecule has 0 aliphatic rings. The molecule has 106 valence electrons. The van der Waals surface area contributed by atoms with Crippen molar-refractivity contribution in [2.75, 3.05) is 13.7 Å². The SMILES string of the molecule is COc1ccc(OCCC(=O)NCc2ncc[nH]2)cc1. The van der Waals surface area contributed by atoms with Gasteiger partial charge in [-0.05, 0) is 24.3 Å². The molecule has 0 radical (unpaired) electrons. The van der Waals surface area contributed by atoms with Crippen molar-refractivity contribution in [3.63, 3.8) is 0 Å². The Hall–Kier alpha value is -2.50. The molecular weight excluding hydrogens is 258 g/mol. The monoisotopic (exact) mass is 275 g/mol. The summed E-state index contributed by atoms with van der Waals surface area (Å²) in [7, 11) is 1.61. The first-order valence-corrected chi connectivity index (χ1v) is 6.30. The van der Waals surface area contributed by atoms with E-state index in [1.165, 1.54) is 0 Å². The van der Waals surface area contributed by atoms with Crippen LogP contribution in [0.1, 0.15) is 12.2 Å². The summed E-state index contributed by atoms with van der Waals surface area (Å²) in [6.45, 7) is 0.727. The lowest BCUT2D eigenvalue weighted by Gasteiger charge is -2.07. The quantitative estimate of drug-likeness (QED) is 0.803. The van der Waals surface area contributed by atoms with Gasteiger partial charge in [-0.1, -0.05) is 0 Å². The minimum Gasteiger partial charge on any atom is -0.497 e. The standard InChI is InChI=1S/C14H17N3O3/c1-19-11-2-4-12(5-3-11)20-9-6-14(18)17-10-13-15-7-8-16-13/h2-5,7-8H,6,9-10H2,1H3,(H,15,16)(H,17,18). The molecule has 0 aliphatic carbocycles. The molecule has 0 bridgehead atoms. The number of carbonyl (C=O) groups is 1. The molecule has 2 rings (SSSR count). The van der Waals surface area contributed by atoms with E-state index in [9.17, 15) is 4.79 Å². The zero-order chi connectivity index (χ0) is 14.2. The maximum absolute atomic E-state index is 11.6. The van der Waals surface area contributed by atoms with Crippen LogP contribution >= 0.6 is 0 Å². The van der Waals surface area contributed by atoms with Crippen molar-refractivity contribution in [1.82, 2.24) is 15.3 Å². The van der Waals surface area contributed by atoms with Crippen LogP contribution in [-0.2, 0) is 11.3 Å². The predicted octanol–water partition coefficient (Wildman–Crippen LogP) is 1.50. The number of aromatic nitrogens is 2. The zero-order valence-corrected chi connectivity index (χ0v) is 11.3. The van der Waals surface area contributed by atoms with Crippen molar-refractivity contribution in [2.24, 2.45) is 0 Å². The number of benzene rings is 1. The molecule has 6 heteroatoms. The number of rotatable bonds is 7. The molecule has 6 nitrogen and oxygen atoms in total. The minimum atomic E-state index is -0.0742. The van der Waals surface area contributed by atoms with E-state index in [4.69, 9.17) is 9.47 Å². The largest absolute Gasteiger partial charge is 0.497 e. The van der Waals surface area contributed by atoms with Crippen molar-refractivity contribution in [3.8, 4) is 11.5 Å². The van der Waals surface area contributed by atoms with Gasteiger partial charge in [-0.2, -0.15) is 0 Å². The van der Waals surface area contributed by atoms with E-state index < -0.39 is 0 Å². The topological polar surface area (TPSA) is 76.2 Å². The van der Waals surface area contributed by atoms with E-state index in [2.05, 4.69) is 15.3 Å². The smallest absolute Gasteiger partial charge is 0.223 e. The molecule has 1 heterocycles. The average Bonchev–Trinajstić information content (AvgIpc) is 2.99. The summed E-state index contributed by atoms with van der Waals surface area (Å²) < 4.78 is 10.5. The van der Waals surface area contributed by atoms with Crippen LogP contribution in [0.15, 0.2) is 36.7 Å². The van der Waals surface area contributed by atoms with Crippen LogP contribution < -0.4 is 14.8 Å². The van der Waals surface area contributed by atoms with E-state index in [1.807, 2.05) is 12.1 Å². The summed E-state index contributed by atoms with van der Waals surface area (Å²) in [5.74, 6) is 2.14. The second kappa shape index (κ2) is 7.18. The van der Waals surface area contributed by atoms with Crippen LogP contribution in [0.5, 0.6) is 11.5 Å². The van der Waals surface area contributed by atoms with Crippen LogP contribution in [0.25, 0.3) is 0 Å². The number of carbonyl (C=O) groups excluding carboxylic acids is 1. The van der Waals surface area contributed by atoms with Crippen LogP contribution in [0.3, 0.4) is 0 Å². The summed E-state index contributed by atoms with van der Waals surface area (Å²) in [5.41, 5.74) is 0. The molecule has 0 spiro atoms. The highest BCUT2D eigenvalue weighted by atomic mass is 16.5. The summed E-state index contributed by atoms with van der Waals surface area (Å²) in [6, 6.07) is 7.23. The van der Waals surface area contributed by atoms with Crippen molar-refractivity contribution in [1.29, 1.82) is 0 Å². The van der Waals surface area contributed by atoms with Gasteiger partial charge in [0.2, 0.25) is 5.91 Å². The number of aromatic amines is 1. The van der Waals surface area contributed by atoms with E-state index in [0.29, 0.717) is 25.3 Å². The molecule has 0 saturated carbocycles. The Kier molecular flexibility index (Phi) is 5.00. The van der Waals surface area contributed by atoms with Gasteiger partial charge in [-0.15, -0.1) is 0 Å². The normalized spacial score (nSPS) is 10.1. The number of hydrogen-bond donors (Lipinski definition) is 2. The fourth-order valence-corrected chi connectivity index (χ4v) is 1.60. The van der Waals surface area contributed by atoms with Gasteiger partial charge >= 0.3 is 0 Å². The molecule has 0 unspecified atom stereocenters. The summed E-state index contributed by atoms with van der Waals surface area (Å²) in [6.07, 6.45) is 3.66. The Labute approximate surface area is 117 Å². The third-order valence-corrected chi connectivity index (χ3v) is 2.67. The average molecular weight is 275 g/mol. The van der Waals surface area contributed by atoms with Gasteiger partial charge in [0, 0.05) is 12.4 Å². The Balaban J connectivity index is 1.65. The van der Waals surface area contributed by atoms with Crippen molar-refractivity contribution < 1.29 is 14.3 Å². The fraction of sp³-hybridized carbons (Fsp3) is 0.286. The maximum Gasteiger partial charge on any atom is 0.223 e. The maximum atomic E-state index is 11.6. The lowest BCUT2D eigenvalue weighted by Crippen LogP contribution is -2.24. The van der Waals surface area contributed by atoms with E-state index in [0.717, 1.165) is 11.6 Å².